The summed E-state index contributed by atoms with van der Waals surface area (Å²) in [4.78, 5) is 9.15. The Balaban J connectivity index is 1.81. The summed E-state index contributed by atoms with van der Waals surface area (Å²) >= 11 is 1.74. The Labute approximate surface area is 132 Å². The standard InChI is InChI=1S/C18H15N3S/c1-11-7-12(2)9-14(8-11)20-18-19-10-13-3-4-16-15(5-6-22-16)17(13)21-18/h3-10H,1-2H3,(H,19,20,21). The van der Waals surface area contributed by atoms with Crippen molar-refractivity contribution in [1.82, 2.24) is 9.97 Å². The molecule has 4 heteroatoms. The zero-order valence-corrected chi connectivity index (χ0v) is 13.2. The highest BCUT2D eigenvalue weighted by molar-refractivity contribution is 7.17. The predicted octanol–water partition coefficient (Wildman–Crippen LogP) is 5.20. The lowest BCUT2D eigenvalue weighted by atomic mass is 10.1. The van der Waals surface area contributed by atoms with E-state index < -0.39 is 0 Å². The predicted molar refractivity (Wildman–Crippen MR) is 94.1 cm³/mol. The first-order valence-electron chi connectivity index (χ1n) is 7.17. The van der Waals surface area contributed by atoms with Crippen molar-refractivity contribution >= 4 is 44.0 Å². The third kappa shape index (κ3) is 2.31. The number of aryl methyl sites for hydroxylation is 2. The highest BCUT2D eigenvalue weighted by atomic mass is 32.1. The molecule has 0 aliphatic rings. The molecule has 1 N–H and O–H groups in total. The molecule has 108 valence electrons. The number of rotatable bonds is 2. The average Bonchev–Trinajstić information content (AvgIpc) is 2.95. The fourth-order valence-electron chi connectivity index (χ4n) is 2.78. The second kappa shape index (κ2) is 5.07. The van der Waals surface area contributed by atoms with Crippen molar-refractivity contribution < 1.29 is 0 Å². The van der Waals surface area contributed by atoms with Gasteiger partial charge in [-0.2, -0.15) is 0 Å². The first-order chi connectivity index (χ1) is 10.7. The Bertz CT molecular complexity index is 968. The molecule has 2 aromatic heterocycles. The molecule has 0 bridgehead atoms. The zero-order valence-electron chi connectivity index (χ0n) is 12.4. The molecule has 2 heterocycles. The van der Waals surface area contributed by atoms with Gasteiger partial charge < -0.3 is 5.32 Å². The van der Waals surface area contributed by atoms with Crippen LogP contribution in [0.2, 0.25) is 0 Å². The fraction of sp³-hybridized carbons (Fsp3) is 0.111. The van der Waals surface area contributed by atoms with E-state index in [-0.39, 0.29) is 0 Å². The van der Waals surface area contributed by atoms with Gasteiger partial charge in [0.15, 0.2) is 0 Å². The van der Waals surface area contributed by atoms with Crippen LogP contribution in [0.1, 0.15) is 11.1 Å². The van der Waals surface area contributed by atoms with Gasteiger partial charge in [0.2, 0.25) is 5.95 Å². The van der Waals surface area contributed by atoms with Crippen LogP contribution in [0.25, 0.3) is 21.0 Å². The topological polar surface area (TPSA) is 37.8 Å². The molecule has 2 aromatic carbocycles. The Hall–Kier alpha value is -2.46. The number of anilines is 2. The molecule has 0 unspecified atom stereocenters. The van der Waals surface area contributed by atoms with E-state index in [0.717, 1.165) is 16.6 Å². The molecule has 4 aromatic rings. The monoisotopic (exact) mass is 305 g/mol. The molecule has 0 spiro atoms. The zero-order chi connectivity index (χ0) is 15.1. The highest BCUT2D eigenvalue weighted by Crippen LogP contribution is 2.28. The van der Waals surface area contributed by atoms with Gasteiger partial charge in [-0.15, -0.1) is 11.3 Å². The molecular formula is C18H15N3S. The maximum atomic E-state index is 4.71. The third-order valence-corrected chi connectivity index (χ3v) is 4.54. The van der Waals surface area contributed by atoms with E-state index >= 15 is 0 Å². The van der Waals surface area contributed by atoms with E-state index in [1.54, 1.807) is 11.3 Å². The van der Waals surface area contributed by atoms with Crippen molar-refractivity contribution in [2.45, 2.75) is 13.8 Å². The summed E-state index contributed by atoms with van der Waals surface area (Å²) in [6.45, 7) is 4.18. The average molecular weight is 305 g/mol. The van der Waals surface area contributed by atoms with E-state index in [1.165, 1.54) is 21.2 Å². The van der Waals surface area contributed by atoms with Crippen molar-refractivity contribution in [3.63, 3.8) is 0 Å². The summed E-state index contributed by atoms with van der Waals surface area (Å²) in [5.74, 6) is 0.635. The van der Waals surface area contributed by atoms with Crippen LogP contribution in [0.4, 0.5) is 11.6 Å². The van der Waals surface area contributed by atoms with Crippen LogP contribution in [0.3, 0.4) is 0 Å². The van der Waals surface area contributed by atoms with E-state index in [9.17, 15) is 0 Å². The largest absolute Gasteiger partial charge is 0.324 e. The van der Waals surface area contributed by atoms with Gasteiger partial charge in [-0.25, -0.2) is 9.97 Å². The molecule has 0 saturated heterocycles. The Morgan fingerprint density at radius 1 is 1.00 bits per heavy atom. The lowest BCUT2D eigenvalue weighted by Gasteiger charge is -2.08. The normalized spacial score (nSPS) is 11.2. The van der Waals surface area contributed by atoms with E-state index in [4.69, 9.17) is 4.98 Å². The molecule has 0 radical (unpaired) electrons. The van der Waals surface area contributed by atoms with Gasteiger partial charge in [-0.05, 0) is 60.7 Å². The lowest BCUT2D eigenvalue weighted by molar-refractivity contribution is 1.21. The molecule has 0 saturated carbocycles. The minimum atomic E-state index is 0.635. The molecule has 0 aliphatic carbocycles. The van der Waals surface area contributed by atoms with Crippen LogP contribution in [0.15, 0.2) is 48.0 Å². The first-order valence-corrected chi connectivity index (χ1v) is 8.05. The number of fused-ring (bicyclic) bond motifs is 3. The second-order valence-electron chi connectivity index (χ2n) is 5.53. The number of thiophene rings is 1. The van der Waals surface area contributed by atoms with E-state index in [2.05, 4.69) is 65.9 Å². The number of benzene rings is 2. The van der Waals surface area contributed by atoms with Crippen molar-refractivity contribution in [3.8, 4) is 0 Å². The molecule has 0 aliphatic heterocycles. The number of nitrogens with one attached hydrogen (secondary N) is 1. The molecular weight excluding hydrogens is 290 g/mol. The summed E-state index contributed by atoms with van der Waals surface area (Å²) in [5, 5.41) is 7.67. The maximum Gasteiger partial charge on any atom is 0.227 e. The minimum Gasteiger partial charge on any atom is -0.324 e. The molecule has 0 atom stereocenters. The van der Waals surface area contributed by atoms with E-state index in [1.807, 2.05) is 6.20 Å². The molecule has 0 fully saturated rings. The molecule has 4 rings (SSSR count). The number of hydrogen-bond acceptors (Lipinski definition) is 4. The Kier molecular flexibility index (Phi) is 3.05. The summed E-state index contributed by atoms with van der Waals surface area (Å²) in [6.07, 6.45) is 1.88. The molecule has 0 amide bonds. The van der Waals surface area contributed by atoms with Gasteiger partial charge >= 0.3 is 0 Å². The Morgan fingerprint density at radius 2 is 1.82 bits per heavy atom. The summed E-state index contributed by atoms with van der Waals surface area (Å²) < 4.78 is 1.25. The van der Waals surface area contributed by atoms with Gasteiger partial charge in [0.1, 0.15) is 0 Å². The maximum absolute atomic E-state index is 4.71. The van der Waals surface area contributed by atoms with Crippen LogP contribution in [0.5, 0.6) is 0 Å². The molecule has 3 nitrogen and oxygen atoms in total. The molecule has 22 heavy (non-hydrogen) atoms. The smallest absolute Gasteiger partial charge is 0.227 e. The summed E-state index contributed by atoms with van der Waals surface area (Å²) in [7, 11) is 0. The lowest BCUT2D eigenvalue weighted by Crippen LogP contribution is -1.98. The number of nitrogens with zero attached hydrogens (tertiary/aromatic N) is 2. The fourth-order valence-corrected chi connectivity index (χ4v) is 3.57. The van der Waals surface area contributed by atoms with Crippen LogP contribution in [-0.2, 0) is 0 Å². The SMILES string of the molecule is Cc1cc(C)cc(Nc2ncc3ccc4sccc4c3n2)c1. The van der Waals surface area contributed by atoms with Crippen molar-refractivity contribution in [3.05, 3.63) is 59.1 Å². The van der Waals surface area contributed by atoms with Crippen molar-refractivity contribution in [1.29, 1.82) is 0 Å². The van der Waals surface area contributed by atoms with Gasteiger partial charge in [-0.3, -0.25) is 0 Å². The quantitative estimate of drug-likeness (QED) is 0.553. The van der Waals surface area contributed by atoms with Crippen LogP contribution >= 0.6 is 11.3 Å². The van der Waals surface area contributed by atoms with Crippen molar-refractivity contribution in [2.24, 2.45) is 0 Å². The number of hydrogen-bond donors (Lipinski definition) is 1. The van der Waals surface area contributed by atoms with Gasteiger partial charge in [0.05, 0.1) is 5.52 Å². The van der Waals surface area contributed by atoms with E-state index in [0.29, 0.717) is 5.95 Å². The second-order valence-corrected chi connectivity index (χ2v) is 6.48. The Morgan fingerprint density at radius 3 is 2.64 bits per heavy atom. The van der Waals surface area contributed by atoms with Crippen molar-refractivity contribution in [2.75, 3.05) is 5.32 Å². The van der Waals surface area contributed by atoms with Gasteiger partial charge in [0.25, 0.3) is 0 Å². The number of aromatic nitrogens is 2. The van der Waals surface area contributed by atoms with Gasteiger partial charge in [-0.1, -0.05) is 6.07 Å². The minimum absolute atomic E-state index is 0.635. The third-order valence-electron chi connectivity index (χ3n) is 3.66. The van der Waals surface area contributed by atoms with Crippen LogP contribution < -0.4 is 5.32 Å². The first kappa shape index (κ1) is 13.2. The van der Waals surface area contributed by atoms with Gasteiger partial charge in [0, 0.05) is 27.4 Å². The summed E-state index contributed by atoms with van der Waals surface area (Å²) in [6, 6.07) is 12.7. The van der Waals surface area contributed by atoms with Crippen LogP contribution in [-0.4, -0.2) is 9.97 Å². The highest BCUT2D eigenvalue weighted by Gasteiger charge is 2.06. The summed E-state index contributed by atoms with van der Waals surface area (Å²) in [5.41, 5.74) is 4.47. The van der Waals surface area contributed by atoms with Crippen LogP contribution in [0, 0.1) is 13.8 Å².